The van der Waals surface area contributed by atoms with Crippen LogP contribution in [0.4, 0.5) is 10.1 Å². The predicted octanol–water partition coefficient (Wildman–Crippen LogP) is 4.90. The Hall–Kier alpha value is -2.74. The largest absolute Gasteiger partial charge is 0.481 e. The van der Waals surface area contributed by atoms with Gasteiger partial charge in [-0.1, -0.05) is 34.5 Å². The van der Waals surface area contributed by atoms with E-state index in [1.807, 2.05) is 25.1 Å². The van der Waals surface area contributed by atoms with Crippen LogP contribution in [0.25, 0.3) is 11.4 Å². The summed E-state index contributed by atoms with van der Waals surface area (Å²) in [6.07, 6.45) is 4.37. The third kappa shape index (κ3) is 4.53. The maximum atomic E-state index is 13.9. The number of carbonyl (C=O) groups excluding carboxylic acids is 1. The van der Waals surface area contributed by atoms with Gasteiger partial charge in [0.15, 0.2) is 24.0 Å². The van der Waals surface area contributed by atoms with Gasteiger partial charge < -0.3 is 14.6 Å². The molecule has 4 rings (SSSR count). The van der Waals surface area contributed by atoms with Gasteiger partial charge in [0.25, 0.3) is 5.91 Å². The predicted molar refractivity (Wildman–Crippen MR) is 116 cm³/mol. The Labute approximate surface area is 182 Å². The van der Waals surface area contributed by atoms with Crippen molar-refractivity contribution in [1.82, 2.24) is 14.8 Å². The highest BCUT2D eigenvalue weighted by Crippen LogP contribution is 2.27. The summed E-state index contributed by atoms with van der Waals surface area (Å²) >= 11 is 3.19. The van der Waals surface area contributed by atoms with Crippen LogP contribution in [0.5, 0.6) is 5.75 Å². The summed E-state index contributed by atoms with van der Waals surface area (Å²) in [6.45, 7) is 2.53. The molecular formula is C22H22BrFN4O2. The molecule has 30 heavy (non-hydrogen) atoms. The molecule has 1 aliphatic rings. The van der Waals surface area contributed by atoms with Gasteiger partial charge in [-0.2, -0.15) is 0 Å². The summed E-state index contributed by atoms with van der Waals surface area (Å²) in [7, 11) is 0. The molecule has 0 saturated carbocycles. The van der Waals surface area contributed by atoms with E-state index in [-0.39, 0.29) is 18.3 Å². The molecule has 8 heteroatoms. The van der Waals surface area contributed by atoms with E-state index in [1.165, 1.54) is 18.6 Å². The van der Waals surface area contributed by atoms with E-state index in [9.17, 15) is 9.18 Å². The van der Waals surface area contributed by atoms with Gasteiger partial charge in [-0.15, -0.1) is 10.2 Å². The van der Waals surface area contributed by atoms with Crippen LogP contribution in [-0.4, -0.2) is 27.3 Å². The number of rotatable bonds is 5. The number of hydrogen-bond donors (Lipinski definition) is 1. The quantitative estimate of drug-likeness (QED) is 0.573. The van der Waals surface area contributed by atoms with Crippen LogP contribution >= 0.6 is 15.9 Å². The van der Waals surface area contributed by atoms with Crippen LogP contribution in [0.3, 0.4) is 0 Å². The fraction of sp³-hybridized carbons (Fsp3) is 0.318. The molecule has 0 fully saturated rings. The molecule has 1 aromatic heterocycles. The van der Waals surface area contributed by atoms with E-state index < -0.39 is 5.82 Å². The Morgan fingerprint density at radius 1 is 1.20 bits per heavy atom. The second kappa shape index (κ2) is 8.95. The second-order valence-electron chi connectivity index (χ2n) is 7.34. The molecule has 0 spiro atoms. The van der Waals surface area contributed by atoms with Crippen molar-refractivity contribution in [2.75, 3.05) is 11.9 Å². The van der Waals surface area contributed by atoms with E-state index in [0.29, 0.717) is 10.2 Å². The molecule has 1 aliphatic heterocycles. The number of fused-ring (bicyclic) bond motifs is 1. The second-order valence-corrected chi connectivity index (χ2v) is 8.26. The van der Waals surface area contributed by atoms with E-state index >= 15 is 0 Å². The topological polar surface area (TPSA) is 69.0 Å². The summed E-state index contributed by atoms with van der Waals surface area (Å²) in [4.78, 5) is 12.4. The van der Waals surface area contributed by atoms with E-state index in [2.05, 4.69) is 36.0 Å². The van der Waals surface area contributed by atoms with Crippen molar-refractivity contribution in [3.8, 4) is 17.1 Å². The molecule has 0 bridgehead atoms. The smallest absolute Gasteiger partial charge is 0.262 e. The standard InChI is InChI=1S/C22H22BrFN4O2/c1-14-6-7-15(22-27-26-20-5-3-2-4-10-28(20)22)11-18(14)25-21(29)13-30-19-9-8-16(23)12-17(19)24/h6-9,11-12H,2-5,10,13H2,1H3,(H,25,29). The molecule has 6 nitrogen and oxygen atoms in total. The van der Waals surface area contributed by atoms with Crippen LogP contribution < -0.4 is 10.1 Å². The highest BCUT2D eigenvalue weighted by Gasteiger charge is 2.17. The number of anilines is 1. The molecule has 156 valence electrons. The molecule has 1 N–H and O–H groups in total. The number of benzene rings is 2. The zero-order chi connectivity index (χ0) is 21.1. The summed E-state index contributed by atoms with van der Waals surface area (Å²) in [5, 5.41) is 11.6. The zero-order valence-electron chi connectivity index (χ0n) is 16.6. The van der Waals surface area contributed by atoms with E-state index in [4.69, 9.17) is 4.74 Å². The minimum atomic E-state index is -0.525. The fourth-order valence-electron chi connectivity index (χ4n) is 3.52. The van der Waals surface area contributed by atoms with E-state index in [0.717, 1.165) is 48.6 Å². The Morgan fingerprint density at radius 2 is 2.07 bits per heavy atom. The van der Waals surface area contributed by atoms with Gasteiger partial charge in [0.05, 0.1) is 0 Å². The maximum Gasteiger partial charge on any atom is 0.262 e. The highest BCUT2D eigenvalue weighted by molar-refractivity contribution is 9.10. The molecular weight excluding hydrogens is 451 g/mol. The van der Waals surface area contributed by atoms with Crippen molar-refractivity contribution in [2.45, 2.75) is 39.2 Å². The van der Waals surface area contributed by atoms with Gasteiger partial charge >= 0.3 is 0 Å². The number of ether oxygens (including phenoxy) is 1. The molecule has 2 heterocycles. The third-order valence-corrected chi connectivity index (χ3v) is 5.63. The number of aromatic nitrogens is 3. The highest BCUT2D eigenvalue weighted by atomic mass is 79.9. The van der Waals surface area contributed by atoms with Gasteiger partial charge in [-0.3, -0.25) is 4.79 Å². The number of aryl methyl sites for hydroxylation is 2. The van der Waals surface area contributed by atoms with Crippen LogP contribution in [0.15, 0.2) is 40.9 Å². The van der Waals surface area contributed by atoms with Crippen LogP contribution in [0, 0.1) is 12.7 Å². The lowest BCUT2D eigenvalue weighted by atomic mass is 10.1. The van der Waals surface area contributed by atoms with Gasteiger partial charge in [-0.25, -0.2) is 4.39 Å². The van der Waals surface area contributed by atoms with E-state index in [1.54, 1.807) is 6.07 Å². The van der Waals surface area contributed by atoms with Crippen molar-refractivity contribution in [3.05, 3.63) is 58.1 Å². The molecule has 0 unspecified atom stereocenters. The molecule has 3 aromatic rings. The molecule has 0 saturated heterocycles. The van der Waals surface area contributed by atoms with Crippen molar-refractivity contribution >= 4 is 27.5 Å². The molecule has 1 amide bonds. The number of hydrogen-bond acceptors (Lipinski definition) is 4. The Morgan fingerprint density at radius 3 is 2.90 bits per heavy atom. The lowest BCUT2D eigenvalue weighted by Gasteiger charge is -2.12. The first-order chi connectivity index (χ1) is 14.5. The van der Waals surface area contributed by atoms with Crippen molar-refractivity contribution in [1.29, 1.82) is 0 Å². The summed E-state index contributed by atoms with van der Waals surface area (Å²) < 4.78 is 22.0. The average molecular weight is 473 g/mol. The summed E-state index contributed by atoms with van der Waals surface area (Å²) in [6, 6.07) is 10.3. The van der Waals surface area contributed by atoms with Crippen LogP contribution in [0.1, 0.15) is 30.7 Å². The fourth-order valence-corrected chi connectivity index (χ4v) is 3.85. The Kier molecular flexibility index (Phi) is 6.13. The normalized spacial score (nSPS) is 13.4. The third-order valence-electron chi connectivity index (χ3n) is 5.13. The zero-order valence-corrected chi connectivity index (χ0v) is 18.2. The summed E-state index contributed by atoms with van der Waals surface area (Å²) in [5.74, 6) is 0.972. The number of nitrogens with one attached hydrogen (secondary N) is 1. The van der Waals surface area contributed by atoms with Gasteiger partial charge in [0.2, 0.25) is 0 Å². The van der Waals surface area contributed by atoms with Gasteiger partial charge in [0, 0.05) is 28.7 Å². The average Bonchev–Trinajstić information content (AvgIpc) is 2.97. The number of carbonyl (C=O) groups is 1. The molecule has 0 aliphatic carbocycles. The number of nitrogens with zero attached hydrogens (tertiary/aromatic N) is 3. The van der Waals surface area contributed by atoms with Crippen molar-refractivity contribution in [3.63, 3.8) is 0 Å². The van der Waals surface area contributed by atoms with Crippen molar-refractivity contribution < 1.29 is 13.9 Å². The molecule has 2 aromatic carbocycles. The Balaban J connectivity index is 1.48. The van der Waals surface area contributed by atoms with Crippen molar-refractivity contribution in [2.24, 2.45) is 0 Å². The monoisotopic (exact) mass is 472 g/mol. The number of halogens is 2. The Bertz CT molecular complexity index is 1080. The number of amides is 1. The SMILES string of the molecule is Cc1ccc(-c2nnc3n2CCCCC3)cc1NC(=O)COc1ccc(Br)cc1F. The van der Waals surface area contributed by atoms with Gasteiger partial charge in [0.1, 0.15) is 5.82 Å². The van der Waals surface area contributed by atoms with Gasteiger partial charge in [-0.05, 0) is 49.6 Å². The molecule has 0 atom stereocenters. The minimum absolute atomic E-state index is 0.0324. The first-order valence-corrected chi connectivity index (χ1v) is 10.7. The molecule has 0 radical (unpaired) electrons. The van der Waals surface area contributed by atoms with Crippen LogP contribution in [0.2, 0.25) is 0 Å². The lowest BCUT2D eigenvalue weighted by molar-refractivity contribution is -0.118. The van der Waals surface area contributed by atoms with Crippen LogP contribution in [-0.2, 0) is 17.8 Å². The lowest BCUT2D eigenvalue weighted by Crippen LogP contribution is -2.21. The summed E-state index contributed by atoms with van der Waals surface area (Å²) in [5.41, 5.74) is 2.48. The first-order valence-electron chi connectivity index (χ1n) is 9.92. The minimum Gasteiger partial charge on any atom is -0.481 e. The maximum absolute atomic E-state index is 13.9. The first kappa shape index (κ1) is 20.5.